The topological polar surface area (TPSA) is 127 Å². The largest absolute Gasteiger partial charge is 0.506 e. The highest BCUT2D eigenvalue weighted by Crippen LogP contribution is 2.41. The fourth-order valence-electron chi connectivity index (χ4n) is 2.50. The molecule has 0 saturated heterocycles. The van der Waals surface area contributed by atoms with Crippen molar-refractivity contribution in [2.75, 3.05) is 13.2 Å². The number of aromatic hydroxyl groups is 1. The molecule has 1 unspecified atom stereocenters. The van der Waals surface area contributed by atoms with E-state index < -0.39 is 100 Å². The predicted molar refractivity (Wildman–Crippen MR) is 98.5 cm³/mol. The molecule has 0 amide bonds. The number of phenols is 1. The van der Waals surface area contributed by atoms with Gasteiger partial charge >= 0.3 is 30.5 Å². The van der Waals surface area contributed by atoms with Crippen LogP contribution in [0.25, 0.3) is 0 Å². The maximum absolute atomic E-state index is 12.6. The normalized spacial score (nSPS) is 14.0. The highest BCUT2D eigenvalue weighted by Gasteiger charge is 2.56. The third kappa shape index (κ3) is 8.72. The molecule has 2 N–H and O–H groups in total. The van der Waals surface area contributed by atoms with E-state index in [9.17, 15) is 62.6 Å². The molecule has 0 aliphatic rings. The van der Waals surface area contributed by atoms with E-state index in [1.807, 2.05) is 0 Å². The molecule has 36 heavy (non-hydrogen) atoms. The van der Waals surface area contributed by atoms with Crippen molar-refractivity contribution in [2.45, 2.75) is 43.2 Å². The van der Waals surface area contributed by atoms with E-state index >= 15 is 0 Å². The van der Waals surface area contributed by atoms with Gasteiger partial charge in [0.2, 0.25) is 0 Å². The smallest absolute Gasteiger partial charge is 0.400 e. The Kier molecular flexibility index (Phi) is 9.64. The van der Waals surface area contributed by atoms with Crippen LogP contribution in [0, 0.1) is 11.8 Å². The molecule has 1 aromatic rings. The van der Waals surface area contributed by atoms with Crippen molar-refractivity contribution in [3.63, 3.8) is 0 Å². The molecule has 0 heterocycles. The lowest BCUT2D eigenvalue weighted by molar-refractivity contribution is -0.287. The van der Waals surface area contributed by atoms with Gasteiger partial charge in [0, 0.05) is 6.42 Å². The first-order valence-electron chi connectivity index (χ1n) is 9.45. The molecule has 0 aromatic heterocycles. The number of hydrogen-bond acceptors (Lipinski definition) is 7. The van der Waals surface area contributed by atoms with Crippen LogP contribution in [0.15, 0.2) is 17.0 Å². The highest BCUT2D eigenvalue weighted by molar-refractivity contribution is 7.85. The van der Waals surface area contributed by atoms with Crippen LogP contribution < -0.4 is 0 Å². The minimum absolute atomic E-state index is 0.195. The monoisotopic (exact) mass is 564 g/mol. The second-order valence-corrected chi connectivity index (χ2v) is 8.69. The van der Waals surface area contributed by atoms with E-state index in [-0.39, 0.29) is 12.1 Å². The Morgan fingerprint density at radius 1 is 0.833 bits per heavy atom. The predicted octanol–water partition coefficient (Wildman–Crippen LogP) is 4.67. The molecule has 0 saturated carbocycles. The Hall–Kier alpha value is -2.76. The number of hydrogen-bond donors (Lipinski definition) is 2. The summed E-state index contributed by atoms with van der Waals surface area (Å²) in [5.74, 6) is -10.8. The molecule has 8 nitrogen and oxygen atoms in total. The number of benzene rings is 1. The second-order valence-electron chi connectivity index (χ2n) is 7.27. The van der Waals surface area contributed by atoms with Gasteiger partial charge in [0.25, 0.3) is 10.1 Å². The van der Waals surface area contributed by atoms with Gasteiger partial charge in [-0.15, -0.1) is 0 Å². The zero-order valence-electron chi connectivity index (χ0n) is 17.8. The maximum Gasteiger partial charge on any atom is 0.400 e. The van der Waals surface area contributed by atoms with Crippen molar-refractivity contribution in [1.82, 2.24) is 0 Å². The summed E-state index contributed by atoms with van der Waals surface area (Å²) in [5.41, 5.74) is -2.46. The van der Waals surface area contributed by atoms with Gasteiger partial charge in [0.15, 0.2) is 5.92 Å². The van der Waals surface area contributed by atoms with Crippen LogP contribution in [0.1, 0.15) is 40.5 Å². The van der Waals surface area contributed by atoms with Gasteiger partial charge in [0.1, 0.15) is 16.9 Å². The number of rotatable bonds is 9. The van der Waals surface area contributed by atoms with E-state index in [1.54, 1.807) is 0 Å². The molecule has 0 fully saturated rings. The summed E-state index contributed by atoms with van der Waals surface area (Å²) >= 11 is 0. The first kappa shape index (κ1) is 31.3. The Bertz CT molecular complexity index is 1050. The molecule has 0 bridgehead atoms. The molecule has 0 aliphatic heterocycles. The Morgan fingerprint density at radius 2 is 1.22 bits per heavy atom. The minimum Gasteiger partial charge on any atom is -0.506 e. The molecule has 0 radical (unpaired) electrons. The molecule has 1 aromatic carbocycles. The lowest BCUT2D eigenvalue weighted by atomic mass is 10.1. The first-order chi connectivity index (χ1) is 16.1. The molecule has 1 rings (SSSR count). The van der Waals surface area contributed by atoms with E-state index in [1.165, 1.54) is 0 Å². The number of carbonyl (C=O) groups excluding carboxylic acids is 2. The Morgan fingerprint density at radius 3 is 1.56 bits per heavy atom. The van der Waals surface area contributed by atoms with Gasteiger partial charge in [-0.2, -0.15) is 47.9 Å². The summed E-state index contributed by atoms with van der Waals surface area (Å²) in [4.78, 5) is 23.0. The average Bonchev–Trinajstić information content (AvgIpc) is 2.67. The van der Waals surface area contributed by atoms with Crippen LogP contribution >= 0.6 is 0 Å². The molecule has 0 aliphatic carbocycles. The average molecular weight is 564 g/mol. The third-order valence-electron chi connectivity index (χ3n) is 4.59. The molecular formula is C18H17F9O8S. The summed E-state index contributed by atoms with van der Waals surface area (Å²) < 4.78 is 154. The van der Waals surface area contributed by atoms with E-state index in [4.69, 9.17) is 4.55 Å². The van der Waals surface area contributed by atoms with Crippen LogP contribution in [-0.4, -0.2) is 61.8 Å². The van der Waals surface area contributed by atoms with Crippen molar-refractivity contribution in [3.8, 4) is 5.75 Å². The number of alkyl halides is 9. The van der Waals surface area contributed by atoms with Crippen LogP contribution in [0.5, 0.6) is 5.75 Å². The highest BCUT2D eigenvalue weighted by atomic mass is 32.2. The second kappa shape index (κ2) is 11.1. The number of esters is 2. The lowest BCUT2D eigenvalue weighted by Crippen LogP contribution is -2.37. The summed E-state index contributed by atoms with van der Waals surface area (Å²) in [6.45, 7) is -1.67. The van der Waals surface area contributed by atoms with E-state index in [0.29, 0.717) is 0 Å². The van der Waals surface area contributed by atoms with Crippen LogP contribution in [0.3, 0.4) is 0 Å². The number of ether oxygens (including phenoxy) is 2. The molecule has 0 spiro atoms. The van der Waals surface area contributed by atoms with Crippen LogP contribution in [0.4, 0.5) is 39.5 Å². The summed E-state index contributed by atoms with van der Waals surface area (Å²) in [5, 5.41) is 10.1. The number of phenolic OH excluding ortho intramolecular Hbond substituents is 1. The van der Waals surface area contributed by atoms with Crippen molar-refractivity contribution in [3.05, 3.63) is 23.3 Å². The maximum atomic E-state index is 12.6. The third-order valence-corrected chi connectivity index (χ3v) is 5.43. The zero-order valence-corrected chi connectivity index (χ0v) is 18.6. The van der Waals surface area contributed by atoms with Crippen molar-refractivity contribution in [1.29, 1.82) is 0 Å². The van der Waals surface area contributed by atoms with Gasteiger partial charge < -0.3 is 14.6 Å². The Balaban J connectivity index is 3.16. The summed E-state index contributed by atoms with van der Waals surface area (Å²) in [6, 6.07) is 0.459. The molecule has 1 atom stereocenters. The fourth-order valence-corrected chi connectivity index (χ4v) is 3.03. The molecule has 18 heteroatoms. The van der Waals surface area contributed by atoms with Crippen LogP contribution in [-0.2, 0) is 19.6 Å². The molecular weight excluding hydrogens is 547 g/mol. The van der Waals surface area contributed by atoms with Gasteiger partial charge in [-0.05, 0) is 18.6 Å². The van der Waals surface area contributed by atoms with Gasteiger partial charge in [-0.3, -0.25) is 4.55 Å². The first-order valence-corrected chi connectivity index (χ1v) is 10.9. The van der Waals surface area contributed by atoms with E-state index in [2.05, 4.69) is 9.47 Å². The van der Waals surface area contributed by atoms with E-state index in [0.717, 1.165) is 6.92 Å². The van der Waals surface area contributed by atoms with Gasteiger partial charge in [-0.1, -0.05) is 6.92 Å². The van der Waals surface area contributed by atoms with Crippen molar-refractivity contribution in [2.24, 2.45) is 11.8 Å². The van der Waals surface area contributed by atoms with Crippen molar-refractivity contribution >= 4 is 22.1 Å². The summed E-state index contributed by atoms with van der Waals surface area (Å²) in [6.07, 6.45) is -18.7. The molecule has 206 valence electrons. The van der Waals surface area contributed by atoms with Gasteiger partial charge in [0.05, 0.1) is 24.0 Å². The Labute approximate surface area is 196 Å². The SMILES string of the molecule is CC(CCOC(=O)c1cc(S(=O)(=O)O)cc(C(=O)OCCC(C(F)(F)F)C(F)(F)F)c1O)C(F)(F)F. The lowest BCUT2D eigenvalue weighted by Gasteiger charge is -2.22. The van der Waals surface area contributed by atoms with Gasteiger partial charge in [-0.25, -0.2) is 9.59 Å². The fraction of sp³-hybridized carbons (Fsp3) is 0.556. The standard InChI is InChI=1S/C18H17F9O8S/c1-8(16(19,20)21)2-4-34-14(29)10-6-9(36(31,32)33)7-11(13(10)28)15(30)35-5-3-12(17(22,23)24)18(25,26)27/h6-8,12,28H,2-5H2,1H3,(H,31,32,33). The summed E-state index contributed by atoms with van der Waals surface area (Å²) in [7, 11) is -5.23. The van der Waals surface area contributed by atoms with Crippen molar-refractivity contribution < 1.29 is 76.7 Å². The quantitative estimate of drug-likeness (QED) is 0.252. The number of halogens is 9. The minimum atomic E-state index is -5.75. The zero-order chi connectivity index (χ0) is 28.3. The number of carbonyl (C=O) groups is 2. The van der Waals surface area contributed by atoms with Crippen LogP contribution in [0.2, 0.25) is 0 Å².